The third kappa shape index (κ3) is 2.22. The van der Waals surface area contributed by atoms with Gasteiger partial charge in [0.2, 0.25) is 0 Å². The van der Waals surface area contributed by atoms with Gasteiger partial charge in [-0.3, -0.25) is 9.97 Å². The van der Waals surface area contributed by atoms with Gasteiger partial charge in [-0.25, -0.2) is 0 Å². The zero-order valence-corrected chi connectivity index (χ0v) is 9.58. The highest BCUT2D eigenvalue weighted by Gasteiger charge is 2.13. The largest absolute Gasteiger partial charge is 0.309 e. The second kappa shape index (κ2) is 4.51. The first-order valence-corrected chi connectivity index (χ1v) is 5.67. The summed E-state index contributed by atoms with van der Waals surface area (Å²) in [5.41, 5.74) is 4.06. The maximum atomic E-state index is 4.30. The molecule has 0 fully saturated rings. The van der Waals surface area contributed by atoms with Gasteiger partial charge in [0, 0.05) is 23.0 Å². The normalized spacial score (nSPS) is 12.7. The van der Waals surface area contributed by atoms with Crippen LogP contribution in [-0.2, 0) is 0 Å². The van der Waals surface area contributed by atoms with Crippen LogP contribution in [0.25, 0.3) is 0 Å². The predicted molar refractivity (Wildman–Crippen MR) is 62.0 cm³/mol. The number of aromatic nitrogens is 2. The van der Waals surface area contributed by atoms with Crippen molar-refractivity contribution in [3.8, 4) is 0 Å². The van der Waals surface area contributed by atoms with Crippen LogP contribution in [0.15, 0.2) is 30.0 Å². The average molecular weight is 219 g/mol. The molecule has 3 nitrogen and oxygen atoms in total. The molecule has 0 aliphatic carbocycles. The van der Waals surface area contributed by atoms with Gasteiger partial charge in [0.15, 0.2) is 0 Å². The predicted octanol–water partition coefficient (Wildman–Crippen LogP) is 2.16. The number of nitrogens with one attached hydrogen (secondary N) is 1. The van der Waals surface area contributed by atoms with Gasteiger partial charge in [-0.2, -0.15) is 0 Å². The van der Waals surface area contributed by atoms with Crippen LogP contribution in [0.1, 0.15) is 22.2 Å². The molecule has 1 atom stereocenters. The molecule has 0 aliphatic rings. The van der Waals surface area contributed by atoms with Crippen molar-refractivity contribution in [2.75, 3.05) is 7.05 Å². The molecule has 1 N–H and O–H groups in total. The molecule has 0 bridgehead atoms. The summed E-state index contributed by atoms with van der Waals surface area (Å²) in [7, 11) is 1.95. The molecule has 15 heavy (non-hydrogen) atoms. The van der Waals surface area contributed by atoms with Crippen LogP contribution in [0.5, 0.6) is 0 Å². The van der Waals surface area contributed by atoms with E-state index in [0.717, 1.165) is 5.69 Å². The highest BCUT2D eigenvalue weighted by atomic mass is 32.1. The van der Waals surface area contributed by atoms with Gasteiger partial charge in [-0.1, -0.05) is 6.07 Å². The molecule has 0 amide bonds. The molecule has 2 heterocycles. The Morgan fingerprint density at radius 2 is 2.20 bits per heavy atom. The minimum Gasteiger partial charge on any atom is -0.309 e. The van der Waals surface area contributed by atoms with Crippen LogP contribution in [-0.4, -0.2) is 17.0 Å². The first kappa shape index (κ1) is 10.3. The van der Waals surface area contributed by atoms with Crippen LogP contribution in [0.2, 0.25) is 0 Å². The summed E-state index contributed by atoms with van der Waals surface area (Å²) in [6.45, 7) is 1.99. The maximum absolute atomic E-state index is 4.30. The first-order chi connectivity index (χ1) is 7.31. The number of aryl methyl sites for hydroxylation is 1. The van der Waals surface area contributed by atoms with Crippen molar-refractivity contribution < 1.29 is 0 Å². The SMILES string of the molecule is CNC(c1ccc(C)nc1)c1cncs1. The highest BCUT2D eigenvalue weighted by molar-refractivity contribution is 7.09. The lowest BCUT2D eigenvalue weighted by molar-refractivity contribution is 0.698. The Hall–Kier alpha value is -1.26. The Labute approximate surface area is 93.2 Å². The smallest absolute Gasteiger partial charge is 0.0794 e. The first-order valence-electron chi connectivity index (χ1n) is 4.79. The standard InChI is InChI=1S/C11H13N3S/c1-8-3-4-9(5-14-8)11(12-2)10-6-13-7-15-10/h3-7,11-12H,1-2H3. The fourth-order valence-electron chi connectivity index (χ4n) is 1.49. The lowest BCUT2D eigenvalue weighted by Gasteiger charge is -2.13. The molecule has 0 radical (unpaired) electrons. The Morgan fingerprint density at radius 1 is 1.33 bits per heavy atom. The van der Waals surface area contributed by atoms with E-state index in [1.54, 1.807) is 11.3 Å². The van der Waals surface area contributed by atoms with E-state index in [0.29, 0.717) is 0 Å². The summed E-state index contributed by atoms with van der Waals surface area (Å²) in [5, 5.41) is 3.27. The minimum absolute atomic E-state index is 0.200. The van der Waals surface area contributed by atoms with E-state index in [-0.39, 0.29) is 6.04 Å². The number of rotatable bonds is 3. The molecule has 2 aromatic rings. The van der Waals surface area contributed by atoms with E-state index < -0.39 is 0 Å². The number of hydrogen-bond acceptors (Lipinski definition) is 4. The second-order valence-corrected chi connectivity index (χ2v) is 4.28. The maximum Gasteiger partial charge on any atom is 0.0794 e. The van der Waals surface area contributed by atoms with E-state index in [4.69, 9.17) is 0 Å². The van der Waals surface area contributed by atoms with Crippen molar-refractivity contribution in [1.29, 1.82) is 0 Å². The number of hydrogen-bond donors (Lipinski definition) is 1. The molecule has 2 rings (SSSR count). The lowest BCUT2D eigenvalue weighted by Crippen LogP contribution is -2.16. The Balaban J connectivity index is 2.31. The monoisotopic (exact) mass is 219 g/mol. The summed E-state index contributed by atoms with van der Waals surface area (Å²) in [4.78, 5) is 9.61. The highest BCUT2D eigenvalue weighted by Crippen LogP contribution is 2.23. The number of nitrogens with zero attached hydrogens (tertiary/aromatic N) is 2. The van der Waals surface area contributed by atoms with Gasteiger partial charge in [-0.15, -0.1) is 11.3 Å². The van der Waals surface area contributed by atoms with E-state index in [1.807, 2.05) is 37.9 Å². The third-order valence-corrected chi connectivity index (χ3v) is 3.13. The third-order valence-electron chi connectivity index (χ3n) is 2.29. The zero-order valence-electron chi connectivity index (χ0n) is 8.77. The summed E-state index contributed by atoms with van der Waals surface area (Å²) >= 11 is 1.65. The van der Waals surface area contributed by atoms with E-state index in [1.165, 1.54) is 10.4 Å². The van der Waals surface area contributed by atoms with Crippen molar-refractivity contribution in [1.82, 2.24) is 15.3 Å². The lowest BCUT2D eigenvalue weighted by atomic mass is 10.1. The van der Waals surface area contributed by atoms with Gasteiger partial charge >= 0.3 is 0 Å². The van der Waals surface area contributed by atoms with Gasteiger partial charge in [0.1, 0.15) is 0 Å². The van der Waals surface area contributed by atoms with Crippen molar-refractivity contribution in [3.05, 3.63) is 46.2 Å². The van der Waals surface area contributed by atoms with Gasteiger partial charge in [0.25, 0.3) is 0 Å². The Morgan fingerprint density at radius 3 is 2.73 bits per heavy atom. The Kier molecular flexibility index (Phi) is 3.08. The van der Waals surface area contributed by atoms with E-state index in [2.05, 4.69) is 21.4 Å². The molecule has 0 saturated carbocycles. The fraction of sp³-hybridized carbons (Fsp3) is 0.273. The average Bonchev–Trinajstić information content (AvgIpc) is 2.75. The molecule has 0 spiro atoms. The number of thiazole rings is 1. The molecular formula is C11H13N3S. The molecule has 1 unspecified atom stereocenters. The van der Waals surface area contributed by atoms with E-state index >= 15 is 0 Å². The molecule has 0 aromatic carbocycles. The van der Waals surface area contributed by atoms with Crippen LogP contribution in [0, 0.1) is 6.92 Å². The van der Waals surface area contributed by atoms with E-state index in [9.17, 15) is 0 Å². The molecule has 4 heteroatoms. The van der Waals surface area contributed by atoms with Crippen molar-refractivity contribution in [3.63, 3.8) is 0 Å². The van der Waals surface area contributed by atoms with Gasteiger partial charge < -0.3 is 5.32 Å². The molecule has 78 valence electrons. The summed E-state index contributed by atoms with van der Waals surface area (Å²) in [6.07, 6.45) is 3.81. The topological polar surface area (TPSA) is 37.8 Å². The van der Waals surface area contributed by atoms with Crippen LogP contribution in [0.3, 0.4) is 0 Å². The zero-order chi connectivity index (χ0) is 10.7. The second-order valence-electron chi connectivity index (χ2n) is 3.36. The molecule has 0 aliphatic heterocycles. The fourth-order valence-corrected chi connectivity index (χ4v) is 2.25. The summed E-state index contributed by atoms with van der Waals surface area (Å²) in [5.74, 6) is 0. The van der Waals surface area contributed by atoms with Crippen LogP contribution in [0.4, 0.5) is 0 Å². The molecule has 0 saturated heterocycles. The minimum atomic E-state index is 0.200. The van der Waals surface area contributed by atoms with Crippen molar-refractivity contribution in [2.24, 2.45) is 0 Å². The Bertz CT molecular complexity index is 408. The molecular weight excluding hydrogens is 206 g/mol. The van der Waals surface area contributed by atoms with Crippen LogP contribution < -0.4 is 5.32 Å². The number of pyridine rings is 1. The van der Waals surface area contributed by atoms with Gasteiger partial charge in [0.05, 0.1) is 11.6 Å². The summed E-state index contributed by atoms with van der Waals surface area (Å²) in [6, 6.07) is 4.33. The van der Waals surface area contributed by atoms with Crippen LogP contribution >= 0.6 is 11.3 Å². The quantitative estimate of drug-likeness (QED) is 0.859. The van der Waals surface area contributed by atoms with Crippen molar-refractivity contribution in [2.45, 2.75) is 13.0 Å². The molecule has 2 aromatic heterocycles. The van der Waals surface area contributed by atoms with Gasteiger partial charge in [-0.05, 0) is 25.6 Å². The summed E-state index contributed by atoms with van der Waals surface area (Å²) < 4.78 is 0. The van der Waals surface area contributed by atoms with Crippen molar-refractivity contribution >= 4 is 11.3 Å².